The smallest absolute Gasteiger partial charge is 0.255 e. The molecule has 0 saturated carbocycles. The fraction of sp³-hybridized carbons (Fsp3) is 0.333. The average Bonchev–Trinajstić information content (AvgIpc) is 3.20. The predicted octanol–water partition coefficient (Wildman–Crippen LogP) is 3.09. The van der Waals surface area contributed by atoms with Crippen molar-refractivity contribution in [2.24, 2.45) is 0 Å². The van der Waals surface area contributed by atoms with Crippen LogP contribution < -0.4 is 10.9 Å². The van der Waals surface area contributed by atoms with Crippen LogP contribution in [0.4, 0.5) is 4.39 Å². The van der Waals surface area contributed by atoms with Crippen LogP contribution in [0, 0.1) is 12.7 Å². The predicted molar refractivity (Wildman–Crippen MR) is 129 cm³/mol. The van der Waals surface area contributed by atoms with E-state index in [0.717, 1.165) is 5.56 Å². The number of rotatable bonds is 4. The maximum atomic E-state index is 14.8. The maximum Gasteiger partial charge on any atom is 0.255 e. The highest BCUT2D eigenvalue weighted by Gasteiger charge is 2.51. The van der Waals surface area contributed by atoms with Gasteiger partial charge in [-0.25, -0.2) is 9.37 Å². The van der Waals surface area contributed by atoms with E-state index in [1.54, 1.807) is 30.0 Å². The van der Waals surface area contributed by atoms with Gasteiger partial charge in [-0.3, -0.25) is 14.4 Å². The summed E-state index contributed by atoms with van der Waals surface area (Å²) in [6.07, 6.45) is 1.65. The summed E-state index contributed by atoms with van der Waals surface area (Å²) in [7, 11) is 0. The number of piperidine rings is 1. The first-order valence-electron chi connectivity index (χ1n) is 11.8. The third-order valence-electron chi connectivity index (χ3n) is 7.19. The molecule has 2 saturated heterocycles. The average molecular weight is 475 g/mol. The minimum atomic E-state index is -0.718. The molecule has 3 aromatic rings. The highest BCUT2D eigenvalue weighted by molar-refractivity contribution is 5.81. The van der Waals surface area contributed by atoms with Crippen LogP contribution in [0.15, 0.2) is 59.4 Å². The zero-order valence-electron chi connectivity index (χ0n) is 19.5. The zero-order valence-corrected chi connectivity index (χ0v) is 19.5. The Labute approximate surface area is 202 Å². The minimum Gasteiger partial charge on any atom is -0.348 e. The fourth-order valence-corrected chi connectivity index (χ4v) is 5.42. The molecule has 7 nitrogen and oxygen atoms in total. The maximum absolute atomic E-state index is 14.8. The lowest BCUT2D eigenvalue weighted by atomic mass is 9.76. The number of aromatic amines is 1. The molecule has 2 fully saturated rings. The number of hydrogen-bond acceptors (Lipinski definition) is 4. The van der Waals surface area contributed by atoms with Gasteiger partial charge in [-0.15, -0.1) is 0 Å². The number of carbonyl (C=O) groups excluding carboxylic acids is 2. The van der Waals surface area contributed by atoms with Gasteiger partial charge in [0.2, 0.25) is 11.8 Å². The van der Waals surface area contributed by atoms with Gasteiger partial charge in [0.25, 0.3) is 5.56 Å². The Morgan fingerprint density at radius 3 is 2.60 bits per heavy atom. The van der Waals surface area contributed by atoms with Crippen molar-refractivity contribution >= 4 is 11.8 Å². The molecule has 0 radical (unpaired) electrons. The lowest BCUT2D eigenvalue weighted by molar-refractivity contribution is -0.131. The molecule has 8 heteroatoms. The first-order valence-corrected chi connectivity index (χ1v) is 11.8. The molecule has 2 aliphatic rings. The van der Waals surface area contributed by atoms with Crippen LogP contribution in [0.2, 0.25) is 0 Å². The third kappa shape index (κ3) is 4.36. The zero-order chi connectivity index (χ0) is 24.6. The number of likely N-dealkylation sites (tertiary alicyclic amines) is 1. The Balaban J connectivity index is 1.42. The number of H-pyrrole nitrogens is 1. The minimum absolute atomic E-state index is 0.0834. The summed E-state index contributed by atoms with van der Waals surface area (Å²) >= 11 is 0. The van der Waals surface area contributed by atoms with Crippen LogP contribution in [0.5, 0.6) is 0 Å². The number of hydrogen-bond donors (Lipinski definition) is 2. The summed E-state index contributed by atoms with van der Waals surface area (Å²) in [5.74, 6) is -0.589. The first kappa shape index (κ1) is 23.0. The van der Waals surface area contributed by atoms with E-state index in [9.17, 15) is 18.8 Å². The third-order valence-corrected chi connectivity index (χ3v) is 7.19. The van der Waals surface area contributed by atoms with Crippen molar-refractivity contribution < 1.29 is 14.0 Å². The number of carbonyl (C=O) groups is 2. The Morgan fingerprint density at radius 2 is 1.89 bits per heavy atom. The standard InChI is InChI=1S/C27H27FN4O3/c1-17-20(26(35)30-25(29-17)18-8-3-2-4-9-18)14-24(34)32-15-21(19-10-5-6-11-22(19)28)27(16-32)13-7-12-23(33)31-27/h2-6,8-11,21H,7,12-16H2,1H3,(H,31,33)(H,29,30,35)/t21-,27+/m0/s1. The second-order valence-corrected chi connectivity index (χ2v) is 9.43. The van der Waals surface area contributed by atoms with Crippen molar-refractivity contribution in [1.29, 1.82) is 0 Å². The highest BCUT2D eigenvalue weighted by Crippen LogP contribution is 2.42. The molecular weight excluding hydrogens is 447 g/mol. The summed E-state index contributed by atoms with van der Waals surface area (Å²) in [4.78, 5) is 47.5. The largest absolute Gasteiger partial charge is 0.348 e. The number of nitrogens with zero attached hydrogens (tertiary/aromatic N) is 2. The van der Waals surface area contributed by atoms with Crippen molar-refractivity contribution in [2.45, 2.75) is 44.1 Å². The summed E-state index contributed by atoms with van der Waals surface area (Å²) in [6.45, 7) is 2.27. The summed E-state index contributed by atoms with van der Waals surface area (Å²) < 4.78 is 14.8. The monoisotopic (exact) mass is 474 g/mol. The molecular formula is C27H27FN4O3. The molecule has 0 unspecified atom stereocenters. The molecule has 2 aromatic carbocycles. The number of halogens is 1. The number of aromatic nitrogens is 2. The van der Waals surface area contributed by atoms with E-state index >= 15 is 0 Å². The van der Waals surface area contributed by atoms with Crippen LogP contribution in [0.25, 0.3) is 11.4 Å². The molecule has 1 spiro atoms. The van der Waals surface area contributed by atoms with E-state index in [1.807, 2.05) is 30.3 Å². The molecule has 5 rings (SSSR count). The topological polar surface area (TPSA) is 95.2 Å². The van der Waals surface area contributed by atoms with E-state index in [2.05, 4.69) is 15.3 Å². The molecule has 180 valence electrons. The lowest BCUT2D eigenvalue weighted by Gasteiger charge is -2.39. The van der Waals surface area contributed by atoms with E-state index in [-0.39, 0.29) is 48.6 Å². The Kier molecular flexibility index (Phi) is 5.96. The lowest BCUT2D eigenvalue weighted by Crippen LogP contribution is -2.56. The molecule has 1 aromatic heterocycles. The Bertz CT molecular complexity index is 1340. The van der Waals surface area contributed by atoms with Crippen LogP contribution in [0.1, 0.15) is 42.0 Å². The second-order valence-electron chi connectivity index (χ2n) is 9.43. The normalized spacial score (nSPS) is 21.8. The molecule has 2 amide bonds. The molecule has 3 heterocycles. The number of amides is 2. The SMILES string of the molecule is Cc1nc(-c2ccccc2)[nH]c(=O)c1CC(=O)N1C[C@@H](c2ccccc2F)[C@@]2(CCCC(=O)N2)C1. The Morgan fingerprint density at radius 1 is 1.14 bits per heavy atom. The molecule has 0 bridgehead atoms. The Hall–Kier alpha value is -3.81. The molecule has 35 heavy (non-hydrogen) atoms. The van der Waals surface area contributed by atoms with Crippen LogP contribution in [0.3, 0.4) is 0 Å². The van der Waals surface area contributed by atoms with Gasteiger partial charge in [0.1, 0.15) is 11.6 Å². The van der Waals surface area contributed by atoms with Crippen LogP contribution in [-0.2, 0) is 16.0 Å². The highest BCUT2D eigenvalue weighted by atomic mass is 19.1. The van der Waals surface area contributed by atoms with Gasteiger partial charge in [0.15, 0.2) is 0 Å². The van der Waals surface area contributed by atoms with E-state index in [4.69, 9.17) is 0 Å². The van der Waals surface area contributed by atoms with Crippen molar-refractivity contribution in [2.75, 3.05) is 13.1 Å². The number of aryl methyl sites for hydroxylation is 1. The quantitative estimate of drug-likeness (QED) is 0.608. The second kappa shape index (κ2) is 9.09. The van der Waals surface area contributed by atoms with Gasteiger partial charge in [0, 0.05) is 42.2 Å². The van der Waals surface area contributed by atoms with Gasteiger partial charge >= 0.3 is 0 Å². The van der Waals surface area contributed by atoms with Gasteiger partial charge < -0.3 is 15.2 Å². The summed E-state index contributed by atoms with van der Waals surface area (Å²) in [5, 5.41) is 3.08. The van der Waals surface area contributed by atoms with Gasteiger partial charge in [-0.2, -0.15) is 0 Å². The molecule has 2 atom stereocenters. The number of benzene rings is 2. The summed E-state index contributed by atoms with van der Waals surface area (Å²) in [5.41, 5.74) is 1.01. The van der Waals surface area contributed by atoms with Crippen LogP contribution in [-0.4, -0.2) is 45.3 Å². The van der Waals surface area contributed by atoms with Crippen molar-refractivity contribution in [1.82, 2.24) is 20.2 Å². The molecule has 0 aliphatic carbocycles. The van der Waals surface area contributed by atoms with Crippen molar-refractivity contribution in [3.63, 3.8) is 0 Å². The van der Waals surface area contributed by atoms with E-state index in [0.29, 0.717) is 41.9 Å². The molecule has 2 aliphatic heterocycles. The summed E-state index contributed by atoms with van der Waals surface area (Å²) in [6, 6.07) is 15.8. The van der Waals surface area contributed by atoms with Gasteiger partial charge in [-0.05, 0) is 31.4 Å². The van der Waals surface area contributed by atoms with Crippen molar-refractivity contribution in [3.05, 3.63) is 87.6 Å². The van der Waals surface area contributed by atoms with Crippen LogP contribution >= 0.6 is 0 Å². The van der Waals surface area contributed by atoms with E-state index in [1.165, 1.54) is 6.07 Å². The van der Waals surface area contributed by atoms with Crippen molar-refractivity contribution in [3.8, 4) is 11.4 Å². The van der Waals surface area contributed by atoms with E-state index < -0.39 is 5.54 Å². The first-order chi connectivity index (χ1) is 16.9. The fourth-order valence-electron chi connectivity index (χ4n) is 5.42. The van der Waals surface area contributed by atoms with Gasteiger partial charge in [-0.1, -0.05) is 48.5 Å². The molecule has 2 N–H and O–H groups in total. The van der Waals surface area contributed by atoms with Gasteiger partial charge in [0.05, 0.1) is 12.0 Å². The number of nitrogens with one attached hydrogen (secondary N) is 2.